The second-order valence-electron chi connectivity index (χ2n) is 7.53. The molecule has 0 spiro atoms. The van der Waals surface area contributed by atoms with E-state index in [1.165, 1.54) is 29.8 Å². The molecule has 4 rings (SSSR count). The van der Waals surface area contributed by atoms with Crippen molar-refractivity contribution in [1.29, 1.82) is 0 Å². The summed E-state index contributed by atoms with van der Waals surface area (Å²) >= 11 is 0. The van der Waals surface area contributed by atoms with E-state index in [4.69, 9.17) is 0 Å². The van der Waals surface area contributed by atoms with Gasteiger partial charge in [0, 0.05) is 17.7 Å². The van der Waals surface area contributed by atoms with Gasteiger partial charge in [0.25, 0.3) is 5.91 Å². The van der Waals surface area contributed by atoms with Crippen molar-refractivity contribution in [3.8, 4) is 0 Å². The van der Waals surface area contributed by atoms with Gasteiger partial charge in [0.2, 0.25) is 0 Å². The highest BCUT2D eigenvalue weighted by molar-refractivity contribution is 6.10. The Morgan fingerprint density at radius 1 is 0.933 bits per heavy atom. The van der Waals surface area contributed by atoms with Crippen LogP contribution in [0.25, 0.3) is 0 Å². The second-order valence-corrected chi connectivity index (χ2v) is 7.53. The summed E-state index contributed by atoms with van der Waals surface area (Å²) in [6, 6.07) is 22.1. The second kappa shape index (κ2) is 8.20. The minimum Gasteiger partial charge on any atom is -0.375 e. The number of para-hydroxylation sites is 1. The molecule has 1 atom stereocenters. The van der Waals surface area contributed by atoms with E-state index in [0.29, 0.717) is 17.8 Å². The van der Waals surface area contributed by atoms with Gasteiger partial charge in [-0.1, -0.05) is 48.5 Å². The predicted octanol–water partition coefficient (Wildman–Crippen LogP) is 4.27. The van der Waals surface area contributed by atoms with Gasteiger partial charge in [0.05, 0.1) is 12.1 Å². The van der Waals surface area contributed by atoms with Crippen LogP contribution in [0.4, 0.5) is 10.1 Å². The van der Waals surface area contributed by atoms with Gasteiger partial charge in [-0.2, -0.15) is 0 Å². The molecule has 3 aromatic carbocycles. The van der Waals surface area contributed by atoms with E-state index < -0.39 is 23.1 Å². The van der Waals surface area contributed by atoms with E-state index in [1.807, 2.05) is 36.4 Å². The van der Waals surface area contributed by atoms with Crippen LogP contribution in [-0.2, 0) is 16.8 Å². The summed E-state index contributed by atoms with van der Waals surface area (Å²) in [5, 5.41) is 11.3. The van der Waals surface area contributed by atoms with Crippen molar-refractivity contribution in [3.63, 3.8) is 0 Å². The molecular weight excluding hydrogens is 381 g/mol. The number of halogens is 1. The van der Waals surface area contributed by atoms with E-state index in [0.717, 1.165) is 12.8 Å². The number of fused-ring (bicyclic) bond motifs is 1. The fourth-order valence-electron chi connectivity index (χ4n) is 3.96. The molecule has 1 aliphatic heterocycles. The van der Waals surface area contributed by atoms with Crippen LogP contribution in [0.3, 0.4) is 0 Å². The number of Topliss-reactive ketones (excluding diaryl/α,β-unsaturated/α-hetero) is 1. The first-order valence-corrected chi connectivity index (χ1v) is 9.95. The summed E-state index contributed by atoms with van der Waals surface area (Å²) in [5.41, 5.74) is 0.585. The summed E-state index contributed by atoms with van der Waals surface area (Å²) in [6.45, 7) is 0.442. The number of nitrogens with zero attached hydrogens (tertiary/aromatic N) is 1. The van der Waals surface area contributed by atoms with Gasteiger partial charge in [-0.15, -0.1) is 0 Å². The van der Waals surface area contributed by atoms with E-state index in [2.05, 4.69) is 0 Å². The maximum absolute atomic E-state index is 13.2. The van der Waals surface area contributed by atoms with Crippen molar-refractivity contribution in [2.24, 2.45) is 0 Å². The SMILES string of the molecule is O=C(C[C@]1(O)C(=O)N(CCCc2ccccc2)c2ccccc21)c1ccc(F)cc1. The topological polar surface area (TPSA) is 57.6 Å². The number of aliphatic hydroxyl groups is 1. The van der Waals surface area contributed by atoms with Gasteiger partial charge in [0.1, 0.15) is 5.82 Å². The highest BCUT2D eigenvalue weighted by Gasteiger charge is 2.50. The minimum atomic E-state index is -1.92. The number of amides is 1. The smallest absolute Gasteiger partial charge is 0.264 e. The molecule has 0 aromatic heterocycles. The summed E-state index contributed by atoms with van der Waals surface area (Å²) in [6.07, 6.45) is 1.15. The highest BCUT2D eigenvalue weighted by Crippen LogP contribution is 2.42. The Morgan fingerprint density at radius 3 is 2.33 bits per heavy atom. The molecule has 5 heteroatoms. The van der Waals surface area contributed by atoms with Crippen LogP contribution in [0.15, 0.2) is 78.9 Å². The lowest BCUT2D eigenvalue weighted by molar-refractivity contribution is -0.135. The largest absolute Gasteiger partial charge is 0.375 e. The molecule has 4 nitrogen and oxygen atoms in total. The van der Waals surface area contributed by atoms with Crippen LogP contribution < -0.4 is 4.90 Å². The lowest BCUT2D eigenvalue weighted by atomic mass is 9.88. The number of aryl methyl sites for hydroxylation is 1. The molecule has 1 amide bonds. The predicted molar refractivity (Wildman–Crippen MR) is 113 cm³/mol. The molecule has 0 bridgehead atoms. The third kappa shape index (κ3) is 3.76. The summed E-state index contributed by atoms with van der Waals surface area (Å²) < 4.78 is 13.2. The summed E-state index contributed by atoms with van der Waals surface area (Å²) in [5.74, 6) is -1.35. The van der Waals surface area contributed by atoms with Gasteiger partial charge in [-0.05, 0) is 48.7 Å². The Labute approximate surface area is 174 Å². The van der Waals surface area contributed by atoms with Gasteiger partial charge in [0.15, 0.2) is 11.4 Å². The number of anilines is 1. The molecule has 1 N–H and O–H groups in total. The molecule has 152 valence electrons. The molecule has 0 radical (unpaired) electrons. The Kier molecular flexibility index (Phi) is 5.46. The molecule has 3 aromatic rings. The van der Waals surface area contributed by atoms with Crippen molar-refractivity contribution < 1.29 is 19.1 Å². The van der Waals surface area contributed by atoms with Crippen LogP contribution in [-0.4, -0.2) is 23.3 Å². The first-order chi connectivity index (χ1) is 14.5. The Balaban J connectivity index is 1.54. The van der Waals surface area contributed by atoms with E-state index in [1.54, 1.807) is 23.1 Å². The first kappa shape index (κ1) is 20.0. The molecule has 1 aliphatic rings. The van der Waals surface area contributed by atoms with Crippen molar-refractivity contribution in [2.75, 3.05) is 11.4 Å². The lowest BCUT2D eigenvalue weighted by Gasteiger charge is -2.23. The average Bonchev–Trinajstić information content (AvgIpc) is 2.97. The monoisotopic (exact) mass is 403 g/mol. The van der Waals surface area contributed by atoms with E-state index in [-0.39, 0.29) is 12.0 Å². The van der Waals surface area contributed by atoms with Crippen LogP contribution in [0.1, 0.15) is 34.3 Å². The molecule has 0 unspecified atom stereocenters. The van der Waals surface area contributed by atoms with Crippen LogP contribution in [0.5, 0.6) is 0 Å². The molecule has 0 fully saturated rings. The first-order valence-electron chi connectivity index (χ1n) is 9.95. The number of carbonyl (C=O) groups excluding carboxylic acids is 2. The molecule has 0 aliphatic carbocycles. The number of ketones is 1. The molecular formula is C25H22FNO3. The maximum Gasteiger partial charge on any atom is 0.264 e. The normalized spacial score (nSPS) is 17.8. The Morgan fingerprint density at radius 2 is 1.60 bits per heavy atom. The lowest BCUT2D eigenvalue weighted by Crippen LogP contribution is -2.42. The zero-order chi connectivity index (χ0) is 21.1. The standard InChI is InChI=1S/C25H22FNO3/c26-20-14-12-19(13-15-20)23(28)17-25(30)21-10-4-5-11-22(21)27(24(25)29)16-6-9-18-7-2-1-3-8-18/h1-5,7-8,10-15,30H,6,9,16-17H2/t25-/m1/s1. The third-order valence-corrected chi connectivity index (χ3v) is 5.51. The highest BCUT2D eigenvalue weighted by atomic mass is 19.1. The van der Waals surface area contributed by atoms with Crippen LogP contribution in [0.2, 0.25) is 0 Å². The Bertz CT molecular complexity index is 1070. The maximum atomic E-state index is 13.2. The average molecular weight is 403 g/mol. The fraction of sp³-hybridized carbons (Fsp3) is 0.200. The van der Waals surface area contributed by atoms with Gasteiger partial charge < -0.3 is 10.0 Å². The van der Waals surface area contributed by atoms with Crippen molar-refractivity contribution >= 4 is 17.4 Å². The third-order valence-electron chi connectivity index (χ3n) is 5.51. The van der Waals surface area contributed by atoms with E-state index in [9.17, 15) is 19.1 Å². The van der Waals surface area contributed by atoms with Gasteiger partial charge >= 0.3 is 0 Å². The zero-order valence-corrected chi connectivity index (χ0v) is 16.4. The number of benzene rings is 3. The van der Waals surface area contributed by atoms with Crippen LogP contribution in [0, 0.1) is 5.82 Å². The molecule has 0 saturated heterocycles. The van der Waals surface area contributed by atoms with E-state index >= 15 is 0 Å². The van der Waals surface area contributed by atoms with Crippen molar-refractivity contribution in [1.82, 2.24) is 0 Å². The van der Waals surface area contributed by atoms with Crippen molar-refractivity contribution in [2.45, 2.75) is 24.9 Å². The van der Waals surface area contributed by atoms with Gasteiger partial charge in [-0.25, -0.2) is 4.39 Å². The number of carbonyl (C=O) groups is 2. The summed E-state index contributed by atoms with van der Waals surface area (Å²) in [7, 11) is 0. The Hall–Kier alpha value is -3.31. The molecule has 0 saturated carbocycles. The zero-order valence-electron chi connectivity index (χ0n) is 16.4. The van der Waals surface area contributed by atoms with Gasteiger partial charge in [-0.3, -0.25) is 9.59 Å². The number of hydrogen-bond donors (Lipinski definition) is 1. The fourth-order valence-corrected chi connectivity index (χ4v) is 3.96. The quantitative estimate of drug-likeness (QED) is 0.600. The minimum absolute atomic E-state index is 0.262. The molecule has 30 heavy (non-hydrogen) atoms. The number of hydrogen-bond acceptors (Lipinski definition) is 3. The number of rotatable bonds is 7. The van der Waals surface area contributed by atoms with Crippen LogP contribution >= 0.6 is 0 Å². The van der Waals surface area contributed by atoms with Crippen molar-refractivity contribution in [3.05, 3.63) is 101 Å². The summed E-state index contributed by atoms with van der Waals surface area (Å²) in [4.78, 5) is 27.5. The molecule has 1 heterocycles.